The minimum absolute atomic E-state index is 0.575. The predicted octanol–water partition coefficient (Wildman–Crippen LogP) is 6.84. The van der Waals surface area contributed by atoms with E-state index in [0.29, 0.717) is 10.8 Å². The minimum atomic E-state index is 0.575. The van der Waals surface area contributed by atoms with Crippen molar-refractivity contribution in [1.29, 1.82) is 0 Å². The van der Waals surface area contributed by atoms with E-state index < -0.39 is 0 Å². The number of hydrogen-bond donors (Lipinski definition) is 0. The molecule has 0 amide bonds. The van der Waals surface area contributed by atoms with E-state index in [-0.39, 0.29) is 0 Å². The average Bonchev–Trinajstić information content (AvgIpc) is 2.39. The normalized spacial score (nSPS) is 28.5. The van der Waals surface area contributed by atoms with Crippen LogP contribution in [0.4, 0.5) is 0 Å². The van der Waals surface area contributed by atoms with Gasteiger partial charge in [0.25, 0.3) is 0 Å². The molecule has 0 aromatic rings. The van der Waals surface area contributed by atoms with E-state index in [1.807, 2.05) is 13.8 Å². The highest BCUT2D eigenvalue weighted by atomic mass is 14.4. The lowest BCUT2D eigenvalue weighted by molar-refractivity contribution is 0.0791. The van der Waals surface area contributed by atoms with Crippen LogP contribution >= 0.6 is 0 Å². The third-order valence-electron chi connectivity index (χ3n) is 5.34. The first-order valence-electron chi connectivity index (χ1n) is 8.43. The summed E-state index contributed by atoms with van der Waals surface area (Å²) >= 11 is 0. The van der Waals surface area contributed by atoms with Crippen LogP contribution in [0, 0.1) is 16.7 Å². The summed E-state index contributed by atoms with van der Waals surface area (Å²) < 4.78 is 0. The Hall–Kier alpha value is 0. The molecule has 0 aromatic heterocycles. The molecule has 0 spiro atoms. The fourth-order valence-corrected chi connectivity index (χ4v) is 3.24. The standard InChI is InChI=1S/C16H32.C2H6/c1-6-8-11-16(5)12-9-14(10-13-16)15(3,4)7-2;1-2/h14H,6-13H2,1-5H3;1-2H3. The van der Waals surface area contributed by atoms with Crippen molar-refractivity contribution in [1.82, 2.24) is 0 Å². The van der Waals surface area contributed by atoms with Crippen LogP contribution in [0.2, 0.25) is 0 Å². The molecule has 1 aliphatic carbocycles. The van der Waals surface area contributed by atoms with Gasteiger partial charge in [-0.2, -0.15) is 0 Å². The quantitative estimate of drug-likeness (QED) is 0.504. The van der Waals surface area contributed by atoms with Crippen LogP contribution in [-0.2, 0) is 0 Å². The minimum Gasteiger partial charge on any atom is -0.0683 e. The molecular formula is C18H38. The van der Waals surface area contributed by atoms with Crippen LogP contribution in [0.1, 0.15) is 99.8 Å². The Balaban J connectivity index is 0.00000137. The van der Waals surface area contributed by atoms with Crippen LogP contribution in [0.15, 0.2) is 0 Å². The van der Waals surface area contributed by atoms with Gasteiger partial charge in [-0.1, -0.05) is 67.7 Å². The van der Waals surface area contributed by atoms with Gasteiger partial charge in [-0.05, 0) is 48.9 Å². The zero-order chi connectivity index (χ0) is 14.2. The summed E-state index contributed by atoms with van der Waals surface area (Å²) in [6, 6.07) is 0. The van der Waals surface area contributed by atoms with Crippen LogP contribution in [-0.4, -0.2) is 0 Å². The zero-order valence-corrected chi connectivity index (χ0v) is 14.2. The largest absolute Gasteiger partial charge is 0.0683 e. The van der Waals surface area contributed by atoms with Gasteiger partial charge >= 0.3 is 0 Å². The molecule has 0 aromatic carbocycles. The third kappa shape index (κ3) is 5.33. The maximum atomic E-state index is 2.53. The molecule has 0 atom stereocenters. The lowest BCUT2D eigenvalue weighted by Gasteiger charge is -2.43. The third-order valence-corrected chi connectivity index (χ3v) is 5.34. The van der Waals surface area contributed by atoms with E-state index in [1.54, 1.807) is 0 Å². The van der Waals surface area contributed by atoms with Crippen LogP contribution in [0.25, 0.3) is 0 Å². The molecule has 0 radical (unpaired) electrons. The van der Waals surface area contributed by atoms with Gasteiger partial charge in [0.05, 0.1) is 0 Å². The Morgan fingerprint density at radius 2 is 1.56 bits per heavy atom. The monoisotopic (exact) mass is 254 g/mol. The highest BCUT2D eigenvalue weighted by molar-refractivity contribution is 4.87. The Kier molecular flexibility index (Phi) is 8.23. The molecule has 0 aliphatic heterocycles. The van der Waals surface area contributed by atoms with Gasteiger partial charge < -0.3 is 0 Å². The van der Waals surface area contributed by atoms with Crippen LogP contribution < -0.4 is 0 Å². The number of unbranched alkanes of at least 4 members (excludes halogenated alkanes) is 1. The SMILES string of the molecule is CC.CCCCC1(C)CCC(C(C)(C)CC)CC1. The van der Waals surface area contributed by atoms with E-state index in [4.69, 9.17) is 0 Å². The first kappa shape index (κ1) is 18.0. The Labute approximate surface area is 117 Å². The molecule has 0 bridgehead atoms. The summed E-state index contributed by atoms with van der Waals surface area (Å²) in [5, 5.41) is 0. The lowest BCUT2D eigenvalue weighted by atomic mass is 9.62. The summed E-state index contributed by atoms with van der Waals surface area (Å²) in [7, 11) is 0. The average molecular weight is 255 g/mol. The molecule has 110 valence electrons. The second-order valence-corrected chi connectivity index (χ2v) is 7.03. The van der Waals surface area contributed by atoms with Gasteiger partial charge in [0.15, 0.2) is 0 Å². The van der Waals surface area contributed by atoms with Gasteiger partial charge in [-0.15, -0.1) is 0 Å². The molecule has 0 saturated heterocycles. The first-order valence-corrected chi connectivity index (χ1v) is 8.43. The zero-order valence-electron chi connectivity index (χ0n) is 14.2. The van der Waals surface area contributed by atoms with Crippen molar-refractivity contribution >= 4 is 0 Å². The summed E-state index contributed by atoms with van der Waals surface area (Å²) in [4.78, 5) is 0. The smallest absolute Gasteiger partial charge is 0.0326 e. The van der Waals surface area contributed by atoms with Crippen LogP contribution in [0.3, 0.4) is 0 Å². The number of hydrogen-bond acceptors (Lipinski definition) is 0. The van der Waals surface area contributed by atoms with Crippen molar-refractivity contribution in [3.8, 4) is 0 Å². The maximum Gasteiger partial charge on any atom is -0.0326 e. The molecule has 0 heterocycles. The van der Waals surface area contributed by atoms with Crippen LogP contribution in [0.5, 0.6) is 0 Å². The molecular weight excluding hydrogens is 216 g/mol. The van der Waals surface area contributed by atoms with Gasteiger partial charge in [0.2, 0.25) is 0 Å². The molecule has 0 unspecified atom stereocenters. The van der Waals surface area contributed by atoms with Crippen molar-refractivity contribution in [3.63, 3.8) is 0 Å². The highest BCUT2D eigenvalue weighted by Crippen LogP contribution is 2.48. The lowest BCUT2D eigenvalue weighted by Crippen LogP contribution is -2.32. The van der Waals surface area contributed by atoms with Gasteiger partial charge in [-0.3, -0.25) is 0 Å². The van der Waals surface area contributed by atoms with E-state index in [0.717, 1.165) is 5.92 Å². The fourth-order valence-electron chi connectivity index (χ4n) is 3.24. The molecule has 0 N–H and O–H groups in total. The van der Waals surface area contributed by atoms with Crippen molar-refractivity contribution in [2.45, 2.75) is 99.8 Å². The highest BCUT2D eigenvalue weighted by Gasteiger charge is 2.36. The molecule has 1 rings (SSSR count). The van der Waals surface area contributed by atoms with E-state index in [2.05, 4.69) is 34.6 Å². The second kappa shape index (κ2) is 8.23. The Bertz CT molecular complexity index is 194. The molecule has 1 saturated carbocycles. The van der Waals surface area contributed by atoms with Crippen molar-refractivity contribution in [2.24, 2.45) is 16.7 Å². The first-order chi connectivity index (χ1) is 8.43. The summed E-state index contributed by atoms with van der Waals surface area (Å²) in [6.07, 6.45) is 11.5. The Morgan fingerprint density at radius 1 is 1.06 bits per heavy atom. The van der Waals surface area contributed by atoms with E-state index >= 15 is 0 Å². The molecule has 1 aliphatic rings. The molecule has 0 nitrogen and oxygen atoms in total. The Morgan fingerprint density at radius 3 is 1.94 bits per heavy atom. The summed E-state index contributed by atoms with van der Waals surface area (Å²) in [5.41, 5.74) is 1.25. The molecule has 18 heavy (non-hydrogen) atoms. The van der Waals surface area contributed by atoms with E-state index in [9.17, 15) is 0 Å². The van der Waals surface area contributed by atoms with Crippen molar-refractivity contribution in [3.05, 3.63) is 0 Å². The fraction of sp³-hybridized carbons (Fsp3) is 1.00. The molecule has 1 fully saturated rings. The predicted molar refractivity (Wildman–Crippen MR) is 85.0 cm³/mol. The van der Waals surface area contributed by atoms with Crippen molar-refractivity contribution in [2.75, 3.05) is 0 Å². The van der Waals surface area contributed by atoms with Crippen molar-refractivity contribution < 1.29 is 0 Å². The number of rotatable bonds is 5. The van der Waals surface area contributed by atoms with E-state index in [1.165, 1.54) is 51.4 Å². The molecule has 0 heteroatoms. The van der Waals surface area contributed by atoms with Gasteiger partial charge in [0, 0.05) is 0 Å². The van der Waals surface area contributed by atoms with Gasteiger partial charge in [0.1, 0.15) is 0 Å². The second-order valence-electron chi connectivity index (χ2n) is 7.03. The maximum absolute atomic E-state index is 2.53. The van der Waals surface area contributed by atoms with Gasteiger partial charge in [-0.25, -0.2) is 0 Å². The summed E-state index contributed by atoms with van der Waals surface area (Å²) in [5.74, 6) is 0.979. The topological polar surface area (TPSA) is 0 Å². The summed E-state index contributed by atoms with van der Waals surface area (Å²) in [6.45, 7) is 16.1.